The van der Waals surface area contributed by atoms with Crippen molar-refractivity contribution >= 4 is 65.0 Å². The minimum Gasteiger partial charge on any atom is -0.352 e. The number of H-pyrrole nitrogens is 1. The average molecular weight is 563 g/mol. The van der Waals surface area contributed by atoms with Crippen LogP contribution in [0.3, 0.4) is 0 Å². The second-order valence-electron chi connectivity index (χ2n) is 9.06. The maximum atomic E-state index is 12.9. The largest absolute Gasteiger partial charge is 0.352 e. The molecule has 2 aromatic heterocycles. The van der Waals surface area contributed by atoms with E-state index in [1.165, 1.54) is 19.4 Å². The highest BCUT2D eigenvalue weighted by Gasteiger charge is 2.26. The number of hydrogen-bond donors (Lipinski definition) is 3. The van der Waals surface area contributed by atoms with Gasteiger partial charge in [-0.2, -0.15) is 5.10 Å². The zero-order valence-corrected chi connectivity index (χ0v) is 22.4. The first-order valence-corrected chi connectivity index (χ1v) is 12.4. The van der Waals surface area contributed by atoms with E-state index < -0.39 is 0 Å². The van der Waals surface area contributed by atoms with Crippen molar-refractivity contribution in [3.63, 3.8) is 0 Å². The minimum atomic E-state index is -0.175. The summed E-state index contributed by atoms with van der Waals surface area (Å²) >= 11 is 12.1. The Hall–Kier alpha value is -1.55. The van der Waals surface area contributed by atoms with Crippen LogP contribution in [0.2, 0.25) is 10.0 Å². The Bertz CT molecular complexity index is 1170. The molecule has 3 N–H and O–H groups in total. The first-order valence-electron chi connectivity index (χ1n) is 11.7. The summed E-state index contributed by atoms with van der Waals surface area (Å²) in [6.45, 7) is 6.02. The molecule has 2 saturated heterocycles. The summed E-state index contributed by atoms with van der Waals surface area (Å²) in [4.78, 5) is 22.9. The van der Waals surface area contributed by atoms with Crippen LogP contribution in [0, 0.1) is 5.92 Å². The lowest BCUT2D eigenvalue weighted by Crippen LogP contribution is -2.40. The molecule has 2 aliphatic heterocycles. The van der Waals surface area contributed by atoms with E-state index in [4.69, 9.17) is 23.2 Å². The van der Waals surface area contributed by atoms with E-state index in [2.05, 4.69) is 30.6 Å². The van der Waals surface area contributed by atoms with E-state index in [0.717, 1.165) is 50.5 Å². The fraction of sp³-hybridized carbons (Fsp3) is 0.522. The number of aromatic nitrogens is 4. The molecule has 4 heterocycles. The lowest BCUT2D eigenvalue weighted by Gasteiger charge is -2.35. The van der Waals surface area contributed by atoms with Crippen molar-refractivity contribution in [2.75, 3.05) is 38.0 Å². The van der Waals surface area contributed by atoms with Crippen molar-refractivity contribution in [1.82, 2.24) is 30.0 Å². The van der Waals surface area contributed by atoms with Gasteiger partial charge in [0.05, 0.1) is 22.3 Å². The fourth-order valence-corrected chi connectivity index (χ4v) is 5.26. The van der Waals surface area contributed by atoms with Crippen molar-refractivity contribution in [2.24, 2.45) is 5.92 Å². The number of halogens is 4. The molecule has 0 saturated carbocycles. The van der Waals surface area contributed by atoms with Crippen LogP contribution < -0.4 is 16.2 Å². The van der Waals surface area contributed by atoms with Crippen molar-refractivity contribution in [1.29, 1.82) is 0 Å². The Morgan fingerprint density at radius 3 is 2.51 bits per heavy atom. The van der Waals surface area contributed by atoms with Gasteiger partial charge < -0.3 is 15.5 Å². The number of piperidine rings is 2. The molecule has 0 spiro atoms. The Kier molecular flexibility index (Phi) is 10.1. The summed E-state index contributed by atoms with van der Waals surface area (Å²) in [6, 6.07) is 5.66. The first kappa shape index (κ1) is 28.0. The molecule has 0 aliphatic carbocycles. The van der Waals surface area contributed by atoms with Crippen LogP contribution in [-0.4, -0.2) is 57.4 Å². The molecule has 0 amide bonds. The second-order valence-corrected chi connectivity index (χ2v) is 9.88. The molecule has 8 nitrogen and oxygen atoms in total. The van der Waals surface area contributed by atoms with Gasteiger partial charge in [-0.1, -0.05) is 29.3 Å². The fourth-order valence-electron chi connectivity index (χ4n) is 4.94. The van der Waals surface area contributed by atoms with Gasteiger partial charge >= 0.3 is 0 Å². The van der Waals surface area contributed by atoms with E-state index >= 15 is 0 Å². The molecule has 2 aliphatic rings. The van der Waals surface area contributed by atoms with Gasteiger partial charge in [0.25, 0.3) is 5.56 Å². The number of rotatable bonds is 6. The molecule has 5 rings (SSSR count). The third-order valence-electron chi connectivity index (χ3n) is 6.78. The molecule has 192 valence electrons. The van der Waals surface area contributed by atoms with Crippen molar-refractivity contribution in [3.05, 3.63) is 50.4 Å². The highest BCUT2D eigenvalue weighted by Crippen LogP contribution is 2.26. The molecule has 35 heavy (non-hydrogen) atoms. The molecule has 0 atom stereocenters. The molecule has 12 heteroatoms. The normalized spacial score (nSPS) is 17.7. The van der Waals surface area contributed by atoms with Gasteiger partial charge in [-0.05, 0) is 62.4 Å². The molecule has 2 fully saturated rings. The van der Waals surface area contributed by atoms with Crippen molar-refractivity contribution < 1.29 is 0 Å². The van der Waals surface area contributed by atoms with Crippen LogP contribution in [0.1, 0.15) is 37.3 Å². The SMILES string of the molecule is Cl.Cl.O=c1[nH]c(NCc2ccc(Cl)c(Cl)c2)nc2cnn(C3CCN(CC4CCNCC4)CC3)c12. The number of likely N-dealkylation sites (tertiary alicyclic amines) is 1. The predicted octanol–water partition coefficient (Wildman–Crippen LogP) is 4.52. The predicted molar refractivity (Wildman–Crippen MR) is 147 cm³/mol. The van der Waals surface area contributed by atoms with Crippen LogP contribution in [-0.2, 0) is 6.54 Å². The third-order valence-corrected chi connectivity index (χ3v) is 7.52. The van der Waals surface area contributed by atoms with Gasteiger partial charge in [-0.3, -0.25) is 14.5 Å². The van der Waals surface area contributed by atoms with E-state index in [-0.39, 0.29) is 36.4 Å². The van der Waals surface area contributed by atoms with E-state index in [9.17, 15) is 4.79 Å². The number of aromatic amines is 1. The van der Waals surface area contributed by atoms with E-state index in [0.29, 0.717) is 33.6 Å². The van der Waals surface area contributed by atoms with Crippen molar-refractivity contribution in [3.8, 4) is 0 Å². The smallest absolute Gasteiger partial charge is 0.278 e. The lowest BCUT2D eigenvalue weighted by atomic mass is 9.96. The summed E-state index contributed by atoms with van der Waals surface area (Å²) < 4.78 is 1.88. The number of nitrogens with one attached hydrogen (secondary N) is 3. The van der Waals surface area contributed by atoms with Crippen molar-refractivity contribution in [2.45, 2.75) is 38.3 Å². The maximum absolute atomic E-state index is 12.9. The number of fused-ring (bicyclic) bond motifs is 1. The molecular weight excluding hydrogens is 532 g/mol. The molecule has 3 aromatic rings. The van der Waals surface area contributed by atoms with Crippen LogP contribution in [0.25, 0.3) is 11.0 Å². The minimum absolute atomic E-state index is 0. The van der Waals surface area contributed by atoms with Gasteiger partial charge in [-0.15, -0.1) is 24.8 Å². The zero-order chi connectivity index (χ0) is 22.8. The van der Waals surface area contributed by atoms with Crippen LogP contribution >= 0.6 is 48.0 Å². The second kappa shape index (κ2) is 12.6. The molecule has 0 bridgehead atoms. The third kappa shape index (κ3) is 6.61. The zero-order valence-electron chi connectivity index (χ0n) is 19.3. The number of anilines is 1. The summed E-state index contributed by atoms with van der Waals surface area (Å²) in [5, 5.41) is 12.2. The number of hydrogen-bond acceptors (Lipinski definition) is 6. The molecule has 0 radical (unpaired) electrons. The monoisotopic (exact) mass is 561 g/mol. The van der Waals surface area contributed by atoms with Crippen LogP contribution in [0.5, 0.6) is 0 Å². The van der Waals surface area contributed by atoms with Crippen LogP contribution in [0.4, 0.5) is 5.95 Å². The van der Waals surface area contributed by atoms with Crippen LogP contribution in [0.15, 0.2) is 29.2 Å². The van der Waals surface area contributed by atoms with E-state index in [1.54, 1.807) is 18.3 Å². The van der Waals surface area contributed by atoms with Gasteiger partial charge in [0.2, 0.25) is 5.95 Å². The quantitative estimate of drug-likeness (QED) is 0.409. The highest BCUT2D eigenvalue weighted by molar-refractivity contribution is 6.42. The average Bonchev–Trinajstić information content (AvgIpc) is 3.26. The van der Waals surface area contributed by atoms with E-state index in [1.807, 2.05) is 10.7 Å². The Morgan fingerprint density at radius 1 is 1.06 bits per heavy atom. The molecule has 1 aromatic carbocycles. The number of benzene rings is 1. The number of nitrogens with zero attached hydrogens (tertiary/aromatic N) is 4. The maximum Gasteiger partial charge on any atom is 0.278 e. The Balaban J connectivity index is 0.00000171. The summed E-state index contributed by atoms with van der Waals surface area (Å²) in [5.41, 5.74) is 1.92. The first-order chi connectivity index (χ1) is 16.1. The van der Waals surface area contributed by atoms with Gasteiger partial charge in [-0.25, -0.2) is 4.98 Å². The summed E-state index contributed by atoms with van der Waals surface area (Å²) in [7, 11) is 0. The van der Waals surface area contributed by atoms with Gasteiger partial charge in [0, 0.05) is 26.2 Å². The Morgan fingerprint density at radius 2 is 1.80 bits per heavy atom. The van der Waals surface area contributed by atoms with Gasteiger partial charge in [0.15, 0.2) is 5.52 Å². The Labute approximate surface area is 227 Å². The lowest BCUT2D eigenvalue weighted by molar-refractivity contribution is 0.147. The standard InChI is InChI=1S/C23H29Cl2N7O.2ClH/c24-18-2-1-16(11-19(18)25)12-27-23-29-20-13-28-32(21(20)22(33)30-23)17-5-9-31(10-6-17)14-15-3-7-26-8-4-15;;/h1-2,11,13,15,17,26H,3-10,12,14H2,(H2,27,29,30,33);2*1H. The van der Waals surface area contributed by atoms with Gasteiger partial charge in [0.1, 0.15) is 5.52 Å². The molecular formula is C23H31Cl4N7O. The highest BCUT2D eigenvalue weighted by atomic mass is 35.5. The topological polar surface area (TPSA) is 90.9 Å². The molecule has 0 unspecified atom stereocenters. The summed E-state index contributed by atoms with van der Waals surface area (Å²) in [5.74, 6) is 1.21. The summed E-state index contributed by atoms with van der Waals surface area (Å²) in [6.07, 6.45) is 6.23.